The van der Waals surface area contributed by atoms with Gasteiger partial charge in [-0.25, -0.2) is 0 Å². The van der Waals surface area contributed by atoms with Crippen molar-refractivity contribution >= 4 is 29.5 Å². The predicted octanol–water partition coefficient (Wildman–Crippen LogP) is 3.38. The Morgan fingerprint density at radius 1 is 1.13 bits per heavy atom. The number of carbonyl (C=O) groups excluding carboxylic acids is 3. The molecule has 1 aliphatic heterocycles. The van der Waals surface area contributed by atoms with E-state index in [0.717, 1.165) is 5.56 Å². The van der Waals surface area contributed by atoms with Crippen molar-refractivity contribution in [1.82, 2.24) is 4.90 Å². The molecule has 0 saturated carbocycles. The Morgan fingerprint density at radius 3 is 2.42 bits per heavy atom. The molecule has 2 aliphatic rings. The van der Waals surface area contributed by atoms with E-state index < -0.39 is 0 Å². The van der Waals surface area contributed by atoms with Crippen LogP contribution in [0.2, 0.25) is 0 Å². The van der Waals surface area contributed by atoms with Gasteiger partial charge in [0.2, 0.25) is 29.0 Å². The zero-order valence-electron chi connectivity index (χ0n) is 18.0. The van der Waals surface area contributed by atoms with Gasteiger partial charge < -0.3 is 18.6 Å². The third kappa shape index (κ3) is 5.02. The van der Waals surface area contributed by atoms with E-state index in [0.29, 0.717) is 49.4 Å². The summed E-state index contributed by atoms with van der Waals surface area (Å²) in [5.74, 6) is -0.569. The molecule has 0 radical (unpaired) electrons. The number of nitrogens with zero attached hydrogens (tertiary/aromatic N) is 1. The highest BCUT2D eigenvalue weighted by Gasteiger charge is 2.38. The van der Waals surface area contributed by atoms with Crippen LogP contribution in [0, 0.1) is 0 Å². The minimum Gasteiger partial charge on any atom is -0.489 e. The van der Waals surface area contributed by atoms with E-state index in [2.05, 4.69) is 0 Å². The molecule has 1 atom stereocenters. The van der Waals surface area contributed by atoms with Crippen LogP contribution in [-0.2, 0) is 28.0 Å². The molecule has 1 aliphatic carbocycles. The van der Waals surface area contributed by atoms with Gasteiger partial charge in [-0.3, -0.25) is 14.4 Å². The first-order chi connectivity index (χ1) is 15.0. The highest BCUT2D eigenvalue weighted by Crippen LogP contribution is 2.38. The molecule has 0 N–H and O–H groups in total. The molecule has 1 fully saturated rings. The van der Waals surface area contributed by atoms with Gasteiger partial charge in [0.25, 0.3) is 0 Å². The van der Waals surface area contributed by atoms with Crippen LogP contribution in [0.5, 0.6) is 0 Å². The summed E-state index contributed by atoms with van der Waals surface area (Å²) in [6.07, 6.45) is 1.51. The minimum atomic E-state index is -0.351. The molecule has 0 bridgehead atoms. The SMILES string of the molecule is COC1=C(OC)C(=O)C(C(CCCC(=O)N2CCOSC2)c2ccccc2)=C(C)C1=O. The number of amides is 1. The van der Waals surface area contributed by atoms with E-state index in [1.807, 2.05) is 30.3 Å². The Hall–Kier alpha value is -2.58. The molecule has 0 spiro atoms. The van der Waals surface area contributed by atoms with Gasteiger partial charge in [-0.2, -0.15) is 0 Å². The number of hydrogen-bond acceptors (Lipinski definition) is 7. The number of ketones is 2. The fraction of sp³-hybridized carbons (Fsp3) is 0.435. The summed E-state index contributed by atoms with van der Waals surface area (Å²) in [6, 6.07) is 9.57. The van der Waals surface area contributed by atoms with Crippen LogP contribution in [0.1, 0.15) is 37.7 Å². The summed E-state index contributed by atoms with van der Waals surface area (Å²) in [5.41, 5.74) is 1.68. The molecule has 31 heavy (non-hydrogen) atoms. The van der Waals surface area contributed by atoms with Crippen LogP contribution in [0.3, 0.4) is 0 Å². The van der Waals surface area contributed by atoms with E-state index in [4.69, 9.17) is 13.7 Å². The van der Waals surface area contributed by atoms with Gasteiger partial charge in [0, 0.05) is 42.1 Å². The first-order valence-electron chi connectivity index (χ1n) is 10.2. The maximum atomic E-state index is 13.3. The third-order valence-electron chi connectivity index (χ3n) is 5.54. The van der Waals surface area contributed by atoms with Gasteiger partial charge in [0.1, 0.15) is 0 Å². The Bertz CT molecular complexity index is 902. The first kappa shape index (κ1) is 23.1. The molecule has 1 heterocycles. The molecule has 8 heteroatoms. The average molecular weight is 446 g/mol. The van der Waals surface area contributed by atoms with Gasteiger partial charge >= 0.3 is 0 Å². The second-order valence-electron chi connectivity index (χ2n) is 7.35. The zero-order chi connectivity index (χ0) is 22.4. The van der Waals surface area contributed by atoms with E-state index in [9.17, 15) is 14.4 Å². The number of Topliss-reactive ketones (excluding diaryl/α,β-unsaturated/α-hetero) is 2. The van der Waals surface area contributed by atoms with Crippen molar-refractivity contribution in [3.63, 3.8) is 0 Å². The predicted molar refractivity (Wildman–Crippen MR) is 117 cm³/mol. The van der Waals surface area contributed by atoms with E-state index in [1.165, 1.54) is 26.3 Å². The van der Waals surface area contributed by atoms with Crippen LogP contribution in [-0.4, -0.2) is 55.6 Å². The normalized spacial score (nSPS) is 18.4. The summed E-state index contributed by atoms with van der Waals surface area (Å²) in [6.45, 7) is 2.76. The molecule has 1 saturated heterocycles. The monoisotopic (exact) mass is 445 g/mol. The number of allylic oxidation sites excluding steroid dienone is 2. The van der Waals surface area contributed by atoms with Crippen molar-refractivity contribution in [3.05, 3.63) is 58.6 Å². The van der Waals surface area contributed by atoms with Crippen molar-refractivity contribution in [2.24, 2.45) is 0 Å². The largest absolute Gasteiger partial charge is 0.489 e. The second kappa shape index (κ2) is 10.6. The maximum Gasteiger partial charge on any atom is 0.228 e. The summed E-state index contributed by atoms with van der Waals surface area (Å²) >= 11 is 1.28. The Morgan fingerprint density at radius 2 is 1.81 bits per heavy atom. The van der Waals surface area contributed by atoms with Gasteiger partial charge in [-0.05, 0) is 25.3 Å². The number of methoxy groups -OCH3 is 2. The van der Waals surface area contributed by atoms with Gasteiger partial charge in [0.05, 0.1) is 26.7 Å². The molecule has 7 nitrogen and oxygen atoms in total. The van der Waals surface area contributed by atoms with Crippen molar-refractivity contribution < 1.29 is 28.0 Å². The molecule has 1 amide bonds. The molecule has 166 valence electrons. The van der Waals surface area contributed by atoms with E-state index >= 15 is 0 Å². The second-order valence-corrected chi connectivity index (χ2v) is 8.07. The number of carbonyl (C=O) groups is 3. The summed E-state index contributed by atoms with van der Waals surface area (Å²) in [5, 5.41) is 0. The molecule has 0 aromatic heterocycles. The summed E-state index contributed by atoms with van der Waals surface area (Å²) in [4.78, 5) is 40.4. The van der Waals surface area contributed by atoms with Crippen LogP contribution in [0.4, 0.5) is 0 Å². The first-order valence-corrected chi connectivity index (χ1v) is 11.1. The smallest absolute Gasteiger partial charge is 0.228 e. The number of hydrogen-bond donors (Lipinski definition) is 0. The molecule has 3 rings (SSSR count). The minimum absolute atomic E-state index is 0.0681. The lowest BCUT2D eigenvalue weighted by Gasteiger charge is -2.28. The Labute approximate surface area is 186 Å². The summed E-state index contributed by atoms with van der Waals surface area (Å²) in [7, 11) is 2.70. The standard InChI is InChI=1S/C23H27NO6S/c1-15-19(21(27)23(29-3)22(28-2)20(15)26)17(16-8-5-4-6-9-16)10-7-11-18(25)24-12-13-30-31-14-24/h4-6,8-9,17H,7,10-14H2,1-3H3. The zero-order valence-corrected chi connectivity index (χ0v) is 18.8. The number of benzene rings is 1. The Balaban J connectivity index is 1.84. The lowest BCUT2D eigenvalue weighted by atomic mass is 9.78. The number of rotatable bonds is 8. The van der Waals surface area contributed by atoms with Gasteiger partial charge in [-0.15, -0.1) is 0 Å². The van der Waals surface area contributed by atoms with Crippen LogP contribution >= 0.6 is 12.0 Å². The maximum absolute atomic E-state index is 13.3. The molecule has 1 aromatic rings. The van der Waals surface area contributed by atoms with Crippen LogP contribution < -0.4 is 0 Å². The number of ether oxygens (including phenoxy) is 2. The van der Waals surface area contributed by atoms with E-state index in [-0.39, 0.29) is 34.9 Å². The molecular formula is C23H27NO6S. The van der Waals surface area contributed by atoms with Crippen LogP contribution in [0.25, 0.3) is 0 Å². The highest BCUT2D eigenvalue weighted by atomic mass is 32.2. The third-order valence-corrected chi connectivity index (χ3v) is 6.29. The summed E-state index contributed by atoms with van der Waals surface area (Å²) < 4.78 is 15.6. The van der Waals surface area contributed by atoms with Crippen molar-refractivity contribution in [1.29, 1.82) is 0 Å². The average Bonchev–Trinajstić information content (AvgIpc) is 2.81. The van der Waals surface area contributed by atoms with Crippen molar-refractivity contribution in [2.45, 2.75) is 32.1 Å². The fourth-order valence-corrected chi connectivity index (χ4v) is 4.60. The molecular weight excluding hydrogens is 418 g/mol. The van der Waals surface area contributed by atoms with Crippen molar-refractivity contribution in [2.75, 3.05) is 33.2 Å². The fourth-order valence-electron chi connectivity index (χ4n) is 3.93. The Kier molecular flexibility index (Phi) is 7.92. The van der Waals surface area contributed by atoms with Crippen molar-refractivity contribution in [3.8, 4) is 0 Å². The van der Waals surface area contributed by atoms with E-state index in [1.54, 1.807) is 11.8 Å². The topological polar surface area (TPSA) is 82.1 Å². The highest BCUT2D eigenvalue weighted by molar-refractivity contribution is 7.94. The quantitative estimate of drug-likeness (QED) is 0.448. The molecule has 1 aromatic carbocycles. The molecule has 1 unspecified atom stereocenters. The van der Waals surface area contributed by atoms with Crippen LogP contribution in [0.15, 0.2) is 53.0 Å². The lowest BCUT2D eigenvalue weighted by molar-refractivity contribution is -0.131. The van der Waals surface area contributed by atoms with Gasteiger partial charge in [0.15, 0.2) is 0 Å². The lowest BCUT2D eigenvalue weighted by Crippen LogP contribution is -2.36. The van der Waals surface area contributed by atoms with Gasteiger partial charge in [-0.1, -0.05) is 30.3 Å².